The predicted molar refractivity (Wildman–Crippen MR) is 93.5 cm³/mol. The first kappa shape index (κ1) is 17.0. The summed E-state index contributed by atoms with van der Waals surface area (Å²) < 4.78 is 5.16. The molecule has 3 heterocycles. The van der Waals surface area contributed by atoms with Crippen LogP contribution in [-0.4, -0.2) is 36.4 Å². The number of furan rings is 1. The molecule has 132 valence electrons. The van der Waals surface area contributed by atoms with Gasteiger partial charge in [0.2, 0.25) is 0 Å². The summed E-state index contributed by atoms with van der Waals surface area (Å²) in [7, 11) is 0. The number of nitrogens with one attached hydrogen (secondary N) is 1. The number of pyridine rings is 1. The van der Waals surface area contributed by atoms with E-state index in [9.17, 15) is 9.59 Å². The SMILES string of the molecule is Cc1occc1C(=O)NCC1CCN(c2ncccc2C(N)=O)CC1. The van der Waals surface area contributed by atoms with Crippen LogP contribution in [0.5, 0.6) is 0 Å². The molecular formula is C18H22N4O3. The number of carbonyl (C=O) groups excluding carboxylic acids is 2. The van der Waals surface area contributed by atoms with Crippen LogP contribution in [0.25, 0.3) is 0 Å². The maximum atomic E-state index is 12.1. The summed E-state index contributed by atoms with van der Waals surface area (Å²) in [4.78, 5) is 30.1. The molecule has 25 heavy (non-hydrogen) atoms. The van der Waals surface area contributed by atoms with Crippen molar-refractivity contribution in [2.24, 2.45) is 11.7 Å². The van der Waals surface area contributed by atoms with Gasteiger partial charge in [-0.3, -0.25) is 9.59 Å². The number of aromatic nitrogens is 1. The molecule has 1 aliphatic heterocycles. The van der Waals surface area contributed by atoms with Crippen LogP contribution < -0.4 is 16.0 Å². The molecule has 2 aromatic heterocycles. The molecule has 2 amide bonds. The van der Waals surface area contributed by atoms with Gasteiger partial charge in [-0.1, -0.05) is 0 Å². The standard InChI is InChI=1S/C18H22N4O3/c1-12-14(6-10-25-12)18(24)21-11-13-4-8-22(9-5-13)17-15(16(19)23)3-2-7-20-17/h2-3,6-7,10,13H,4-5,8-9,11H2,1H3,(H2,19,23)(H,21,24). The number of hydrogen-bond acceptors (Lipinski definition) is 5. The maximum Gasteiger partial charge on any atom is 0.254 e. The van der Waals surface area contributed by atoms with Gasteiger partial charge in [0.05, 0.1) is 17.4 Å². The molecule has 0 aliphatic carbocycles. The van der Waals surface area contributed by atoms with E-state index in [4.69, 9.17) is 10.2 Å². The van der Waals surface area contributed by atoms with Gasteiger partial charge in [0.15, 0.2) is 0 Å². The van der Waals surface area contributed by atoms with Crippen molar-refractivity contribution >= 4 is 17.6 Å². The molecular weight excluding hydrogens is 320 g/mol. The minimum atomic E-state index is -0.465. The van der Waals surface area contributed by atoms with Crippen LogP contribution in [0, 0.1) is 12.8 Å². The number of nitrogens with zero attached hydrogens (tertiary/aromatic N) is 2. The lowest BCUT2D eigenvalue weighted by atomic mass is 9.96. The molecule has 0 spiro atoms. The topological polar surface area (TPSA) is 101 Å². The number of amides is 2. The van der Waals surface area contributed by atoms with Gasteiger partial charge in [0, 0.05) is 25.8 Å². The maximum absolute atomic E-state index is 12.1. The van der Waals surface area contributed by atoms with Gasteiger partial charge in [-0.05, 0) is 43.9 Å². The van der Waals surface area contributed by atoms with Crippen molar-refractivity contribution in [1.82, 2.24) is 10.3 Å². The largest absolute Gasteiger partial charge is 0.469 e. The molecule has 7 heteroatoms. The van der Waals surface area contributed by atoms with Gasteiger partial charge in [-0.15, -0.1) is 0 Å². The van der Waals surface area contributed by atoms with E-state index in [1.165, 1.54) is 6.26 Å². The van der Waals surface area contributed by atoms with E-state index in [1.54, 1.807) is 31.3 Å². The van der Waals surface area contributed by atoms with Crippen molar-refractivity contribution in [3.8, 4) is 0 Å². The molecule has 2 aromatic rings. The first-order valence-electron chi connectivity index (χ1n) is 8.38. The second kappa shape index (κ2) is 7.38. The van der Waals surface area contributed by atoms with E-state index in [0.717, 1.165) is 25.9 Å². The Labute approximate surface area is 146 Å². The summed E-state index contributed by atoms with van der Waals surface area (Å²) in [5.74, 6) is 1.10. The van der Waals surface area contributed by atoms with E-state index in [1.807, 2.05) is 0 Å². The van der Waals surface area contributed by atoms with Gasteiger partial charge in [-0.2, -0.15) is 0 Å². The Kier molecular flexibility index (Phi) is 5.02. The zero-order valence-electron chi connectivity index (χ0n) is 14.2. The third-order valence-corrected chi connectivity index (χ3v) is 4.62. The summed E-state index contributed by atoms with van der Waals surface area (Å²) in [6.07, 6.45) is 5.02. The fourth-order valence-electron chi connectivity index (χ4n) is 3.14. The Morgan fingerprint density at radius 3 is 2.72 bits per heavy atom. The molecule has 3 rings (SSSR count). The number of carbonyl (C=O) groups is 2. The van der Waals surface area contributed by atoms with Gasteiger partial charge in [-0.25, -0.2) is 4.98 Å². The van der Waals surface area contributed by atoms with Gasteiger partial charge < -0.3 is 20.4 Å². The van der Waals surface area contributed by atoms with Crippen molar-refractivity contribution in [3.05, 3.63) is 47.5 Å². The number of nitrogens with two attached hydrogens (primary N) is 1. The third kappa shape index (κ3) is 3.81. The van der Waals surface area contributed by atoms with Crippen LogP contribution in [0.2, 0.25) is 0 Å². The lowest BCUT2D eigenvalue weighted by Gasteiger charge is -2.33. The van der Waals surface area contributed by atoms with E-state index >= 15 is 0 Å². The summed E-state index contributed by atoms with van der Waals surface area (Å²) >= 11 is 0. The number of anilines is 1. The van der Waals surface area contributed by atoms with Crippen molar-refractivity contribution in [2.45, 2.75) is 19.8 Å². The number of rotatable bonds is 5. The highest BCUT2D eigenvalue weighted by Crippen LogP contribution is 2.24. The molecule has 1 aliphatic rings. The molecule has 0 radical (unpaired) electrons. The molecule has 0 unspecified atom stereocenters. The minimum absolute atomic E-state index is 0.102. The van der Waals surface area contributed by atoms with Crippen LogP contribution in [0.1, 0.15) is 39.3 Å². The zero-order valence-corrected chi connectivity index (χ0v) is 14.2. The van der Waals surface area contributed by atoms with Crippen LogP contribution in [0.15, 0.2) is 35.1 Å². The van der Waals surface area contributed by atoms with Crippen LogP contribution >= 0.6 is 0 Å². The first-order chi connectivity index (χ1) is 12.1. The quantitative estimate of drug-likeness (QED) is 0.861. The molecule has 7 nitrogen and oxygen atoms in total. The Morgan fingerprint density at radius 2 is 2.08 bits per heavy atom. The molecule has 1 saturated heterocycles. The number of primary amides is 1. The Morgan fingerprint density at radius 1 is 1.32 bits per heavy atom. The lowest BCUT2D eigenvalue weighted by Crippen LogP contribution is -2.39. The number of aryl methyl sites for hydroxylation is 1. The lowest BCUT2D eigenvalue weighted by molar-refractivity contribution is 0.0941. The normalized spacial score (nSPS) is 15.2. The Balaban J connectivity index is 1.53. The highest BCUT2D eigenvalue weighted by atomic mass is 16.3. The van der Waals surface area contributed by atoms with Crippen LogP contribution in [0.3, 0.4) is 0 Å². The second-order valence-electron chi connectivity index (χ2n) is 6.27. The summed E-state index contributed by atoms with van der Waals surface area (Å²) in [5.41, 5.74) is 6.46. The molecule has 0 atom stereocenters. The average Bonchev–Trinajstić information content (AvgIpc) is 3.06. The molecule has 3 N–H and O–H groups in total. The van der Waals surface area contributed by atoms with Gasteiger partial charge >= 0.3 is 0 Å². The zero-order chi connectivity index (χ0) is 17.8. The van der Waals surface area contributed by atoms with E-state index in [-0.39, 0.29) is 5.91 Å². The fraction of sp³-hybridized carbons (Fsp3) is 0.389. The van der Waals surface area contributed by atoms with Crippen molar-refractivity contribution in [1.29, 1.82) is 0 Å². The summed E-state index contributed by atoms with van der Waals surface area (Å²) in [5, 5.41) is 2.97. The Bertz CT molecular complexity index is 763. The van der Waals surface area contributed by atoms with E-state index in [0.29, 0.717) is 35.2 Å². The van der Waals surface area contributed by atoms with Crippen molar-refractivity contribution in [2.75, 3.05) is 24.5 Å². The van der Waals surface area contributed by atoms with Crippen LogP contribution in [-0.2, 0) is 0 Å². The minimum Gasteiger partial charge on any atom is -0.469 e. The Hall–Kier alpha value is -2.83. The van der Waals surface area contributed by atoms with E-state index in [2.05, 4.69) is 15.2 Å². The highest BCUT2D eigenvalue weighted by molar-refractivity contribution is 5.97. The van der Waals surface area contributed by atoms with Crippen molar-refractivity contribution < 1.29 is 14.0 Å². The smallest absolute Gasteiger partial charge is 0.254 e. The summed E-state index contributed by atoms with van der Waals surface area (Å²) in [6, 6.07) is 5.09. The van der Waals surface area contributed by atoms with Crippen molar-refractivity contribution in [3.63, 3.8) is 0 Å². The van der Waals surface area contributed by atoms with E-state index < -0.39 is 5.91 Å². The number of hydrogen-bond donors (Lipinski definition) is 2. The monoisotopic (exact) mass is 342 g/mol. The predicted octanol–water partition coefficient (Wildman–Crippen LogP) is 1.73. The number of piperidine rings is 1. The third-order valence-electron chi connectivity index (χ3n) is 4.62. The highest BCUT2D eigenvalue weighted by Gasteiger charge is 2.23. The summed E-state index contributed by atoms with van der Waals surface area (Å²) in [6.45, 7) is 3.96. The average molecular weight is 342 g/mol. The van der Waals surface area contributed by atoms with Gasteiger partial charge in [0.25, 0.3) is 11.8 Å². The fourth-order valence-corrected chi connectivity index (χ4v) is 3.14. The first-order valence-corrected chi connectivity index (χ1v) is 8.38. The van der Waals surface area contributed by atoms with Gasteiger partial charge in [0.1, 0.15) is 11.6 Å². The molecule has 0 bridgehead atoms. The second-order valence-corrected chi connectivity index (χ2v) is 6.27. The van der Waals surface area contributed by atoms with Crippen LogP contribution in [0.4, 0.5) is 5.82 Å². The molecule has 0 aromatic carbocycles. The molecule has 0 saturated carbocycles. The molecule has 1 fully saturated rings.